The Balaban J connectivity index is 1.25. The number of anilines is 3. The second kappa shape index (κ2) is 11.0. The first-order chi connectivity index (χ1) is 23.5. The van der Waals surface area contributed by atoms with Crippen LogP contribution in [0, 0.1) is 13.8 Å². The Labute approximate surface area is 279 Å². The van der Waals surface area contributed by atoms with E-state index in [4.69, 9.17) is 15.0 Å². The van der Waals surface area contributed by atoms with Crippen molar-refractivity contribution < 1.29 is 0 Å². The molecule has 0 N–H and O–H groups in total. The number of rotatable bonds is 4. The number of nitrogens with zero attached hydrogens (tertiary/aromatic N) is 5. The maximum Gasteiger partial charge on any atom is 0.137 e. The van der Waals surface area contributed by atoms with E-state index in [2.05, 4.69) is 133 Å². The molecule has 1 aliphatic rings. The van der Waals surface area contributed by atoms with Crippen LogP contribution in [0.1, 0.15) is 35.1 Å². The minimum Gasteiger partial charge on any atom is -0.310 e. The van der Waals surface area contributed by atoms with E-state index in [1.807, 2.05) is 36.5 Å². The average Bonchev–Trinajstić information content (AvgIpc) is 3.56. The molecule has 3 heterocycles. The van der Waals surface area contributed by atoms with Crippen LogP contribution in [0.3, 0.4) is 0 Å². The lowest BCUT2D eigenvalue weighted by atomic mass is 9.80. The van der Waals surface area contributed by atoms with Gasteiger partial charge in [-0.05, 0) is 91.2 Å². The third-order valence-electron chi connectivity index (χ3n) is 9.59. The molecule has 8 aromatic rings. The van der Waals surface area contributed by atoms with E-state index < -0.39 is 0 Å². The molecule has 0 fully saturated rings. The molecule has 0 spiro atoms. The van der Waals surface area contributed by atoms with Crippen molar-refractivity contribution in [1.29, 1.82) is 0 Å². The van der Waals surface area contributed by atoms with E-state index in [1.54, 1.807) is 0 Å². The summed E-state index contributed by atoms with van der Waals surface area (Å²) in [5.74, 6) is 0.0958. The van der Waals surface area contributed by atoms with Gasteiger partial charge in [0.05, 0.1) is 28.1 Å². The van der Waals surface area contributed by atoms with Gasteiger partial charge in [-0.25, -0.2) is 15.0 Å². The quantitative estimate of drug-likeness (QED) is 0.197. The number of fused-ring (bicyclic) bond motifs is 8. The molecular weight excluding hydrogens is 587 g/mol. The summed E-state index contributed by atoms with van der Waals surface area (Å²) < 4.78 is 2.06. The van der Waals surface area contributed by atoms with Gasteiger partial charge in [-0.15, -0.1) is 0 Å². The largest absolute Gasteiger partial charge is 0.310 e. The maximum absolute atomic E-state index is 5.26. The number of benzene rings is 5. The molecule has 1 aliphatic carbocycles. The van der Waals surface area contributed by atoms with Gasteiger partial charge in [-0.1, -0.05) is 79.2 Å². The molecule has 0 saturated carbocycles. The number of hydrogen-bond acceptors (Lipinski definition) is 4. The van der Waals surface area contributed by atoms with Gasteiger partial charge < -0.3 is 9.30 Å². The number of imidazole rings is 1. The lowest BCUT2D eigenvalue weighted by molar-refractivity contribution is 0.912. The van der Waals surface area contributed by atoms with Gasteiger partial charge in [-0.3, -0.25) is 0 Å². The third-order valence-corrected chi connectivity index (χ3v) is 9.59. The van der Waals surface area contributed by atoms with E-state index in [-0.39, 0.29) is 5.92 Å². The number of aromatic nitrogens is 4. The first kappa shape index (κ1) is 28.2. The smallest absolute Gasteiger partial charge is 0.137 e. The minimum atomic E-state index is 0.0958. The summed E-state index contributed by atoms with van der Waals surface area (Å²) in [7, 11) is 0. The van der Waals surface area contributed by atoms with Crippen LogP contribution in [-0.4, -0.2) is 19.4 Å². The summed E-state index contributed by atoms with van der Waals surface area (Å²) in [6.07, 6.45) is 4.12. The fourth-order valence-corrected chi connectivity index (χ4v) is 7.32. The molecule has 9 rings (SSSR count). The molecule has 1 unspecified atom stereocenters. The van der Waals surface area contributed by atoms with Gasteiger partial charge >= 0.3 is 0 Å². The Morgan fingerprint density at radius 2 is 1.29 bits per heavy atom. The number of aryl methyl sites for hydroxylation is 2. The van der Waals surface area contributed by atoms with Crippen LogP contribution in [0.4, 0.5) is 17.1 Å². The maximum atomic E-state index is 5.26. The summed E-state index contributed by atoms with van der Waals surface area (Å²) in [4.78, 5) is 17.7. The molecule has 0 amide bonds. The Morgan fingerprint density at radius 1 is 0.604 bits per heavy atom. The Kier molecular flexibility index (Phi) is 6.47. The molecule has 2 bridgehead atoms. The van der Waals surface area contributed by atoms with Gasteiger partial charge in [-0.2, -0.15) is 0 Å². The second-order valence-electron chi connectivity index (χ2n) is 12.8. The van der Waals surface area contributed by atoms with Crippen LogP contribution in [0.2, 0.25) is 0 Å². The van der Waals surface area contributed by atoms with E-state index in [9.17, 15) is 0 Å². The fourth-order valence-electron chi connectivity index (χ4n) is 7.32. The van der Waals surface area contributed by atoms with E-state index in [1.165, 1.54) is 27.8 Å². The highest BCUT2D eigenvalue weighted by atomic mass is 15.1. The van der Waals surface area contributed by atoms with Crippen LogP contribution in [-0.2, 0) is 0 Å². The minimum absolute atomic E-state index is 0.0958. The Hall–Kier alpha value is -6.07. The van der Waals surface area contributed by atoms with E-state index in [0.29, 0.717) is 0 Å². The number of para-hydroxylation sites is 3. The standard InChI is InChI=1S/C43H33N5/c1-27-23-28(2)41-35(24-27)29(3)34-25-31(42-43(41)46-37-14-8-7-13-36(37)45-42)18-21-39(34)48(32-11-5-4-6-12-32)33-19-16-30(17-20-33)38-26-47-22-10-9-15-40(47)44-38/h4-26,29H,1-3H3. The molecule has 5 nitrogen and oxygen atoms in total. The first-order valence-electron chi connectivity index (χ1n) is 16.4. The lowest BCUT2D eigenvalue weighted by Crippen LogP contribution is -2.15. The summed E-state index contributed by atoms with van der Waals surface area (Å²) in [6, 6.07) is 45.1. The van der Waals surface area contributed by atoms with Gasteiger partial charge in [0.2, 0.25) is 0 Å². The lowest BCUT2D eigenvalue weighted by Gasteiger charge is -2.32. The molecule has 0 aliphatic heterocycles. The predicted octanol–water partition coefficient (Wildman–Crippen LogP) is 10.8. The van der Waals surface area contributed by atoms with Crippen molar-refractivity contribution in [3.63, 3.8) is 0 Å². The van der Waals surface area contributed by atoms with Crippen molar-refractivity contribution in [3.8, 4) is 33.8 Å². The molecule has 230 valence electrons. The fraction of sp³-hybridized carbons (Fsp3) is 0.0930. The monoisotopic (exact) mass is 619 g/mol. The zero-order valence-corrected chi connectivity index (χ0v) is 27.1. The molecule has 3 aromatic heterocycles. The van der Waals surface area contributed by atoms with Gasteiger partial charge in [0.25, 0.3) is 0 Å². The summed E-state index contributed by atoms with van der Waals surface area (Å²) >= 11 is 0. The van der Waals surface area contributed by atoms with Gasteiger partial charge in [0.15, 0.2) is 0 Å². The van der Waals surface area contributed by atoms with Gasteiger partial charge in [0, 0.05) is 52.1 Å². The van der Waals surface area contributed by atoms with Crippen LogP contribution >= 0.6 is 0 Å². The summed E-state index contributed by atoms with van der Waals surface area (Å²) in [5.41, 5.74) is 17.2. The molecule has 5 aromatic carbocycles. The summed E-state index contributed by atoms with van der Waals surface area (Å²) in [5, 5.41) is 0. The SMILES string of the molecule is Cc1cc(C)c2c(c1)C(C)c1cc(ccc1N(c1ccccc1)c1ccc(-c3cn4ccccc4n3)cc1)-c1nc3ccccc3nc1-2. The topological polar surface area (TPSA) is 46.3 Å². The second-order valence-corrected chi connectivity index (χ2v) is 12.8. The zero-order chi connectivity index (χ0) is 32.4. The molecule has 48 heavy (non-hydrogen) atoms. The molecule has 0 saturated heterocycles. The predicted molar refractivity (Wildman–Crippen MR) is 196 cm³/mol. The summed E-state index contributed by atoms with van der Waals surface area (Å²) in [6.45, 7) is 6.72. The normalized spacial score (nSPS) is 13.5. The van der Waals surface area contributed by atoms with Crippen LogP contribution in [0.15, 0.2) is 140 Å². The van der Waals surface area contributed by atoms with Crippen molar-refractivity contribution in [3.05, 3.63) is 162 Å². The van der Waals surface area contributed by atoms with Gasteiger partial charge in [0.1, 0.15) is 5.65 Å². The number of pyridine rings is 1. The van der Waals surface area contributed by atoms with Crippen molar-refractivity contribution in [2.24, 2.45) is 0 Å². The van der Waals surface area contributed by atoms with Crippen LogP contribution in [0.25, 0.3) is 50.5 Å². The third kappa shape index (κ3) is 4.58. The van der Waals surface area contributed by atoms with Crippen molar-refractivity contribution in [2.75, 3.05) is 4.90 Å². The average molecular weight is 620 g/mol. The molecular formula is C43H33N5. The van der Waals surface area contributed by atoms with Crippen molar-refractivity contribution in [2.45, 2.75) is 26.7 Å². The highest BCUT2D eigenvalue weighted by Gasteiger charge is 2.29. The molecule has 1 atom stereocenters. The molecule has 0 radical (unpaired) electrons. The van der Waals surface area contributed by atoms with E-state index >= 15 is 0 Å². The van der Waals surface area contributed by atoms with Crippen molar-refractivity contribution >= 4 is 33.7 Å². The highest BCUT2D eigenvalue weighted by Crippen LogP contribution is 2.48. The highest BCUT2D eigenvalue weighted by molar-refractivity contribution is 5.91. The van der Waals surface area contributed by atoms with Crippen LogP contribution in [0.5, 0.6) is 0 Å². The van der Waals surface area contributed by atoms with E-state index in [0.717, 1.165) is 62.0 Å². The number of hydrogen-bond donors (Lipinski definition) is 0. The zero-order valence-electron chi connectivity index (χ0n) is 27.1. The van der Waals surface area contributed by atoms with Crippen LogP contribution < -0.4 is 4.90 Å². The Bertz CT molecular complexity index is 2460. The van der Waals surface area contributed by atoms with Crippen molar-refractivity contribution in [1.82, 2.24) is 19.4 Å². The molecule has 5 heteroatoms. The Morgan fingerprint density at radius 3 is 2.06 bits per heavy atom. The first-order valence-corrected chi connectivity index (χ1v) is 16.4.